The molecule has 1 aliphatic carbocycles. The van der Waals surface area contributed by atoms with Crippen LogP contribution in [0.25, 0.3) is 10.9 Å². The van der Waals surface area contributed by atoms with Gasteiger partial charge in [-0.3, -0.25) is 9.78 Å². The Hall–Kier alpha value is -2.14. The standard InChI is InChI=1S/C19H22N2O3/c1-23-18-13-6-2-3-7-15(13)20-12-14(18)19(22)21-10-11-24-17-9-5-4-8-16(17)21/h2-3,6-7,12,16-17H,4-5,8-11H2,1H3/t16-,17-/m0/s1. The molecule has 1 aliphatic heterocycles. The number of para-hydroxylation sites is 1. The first-order valence-corrected chi connectivity index (χ1v) is 8.64. The number of rotatable bonds is 2. The summed E-state index contributed by atoms with van der Waals surface area (Å²) >= 11 is 0. The van der Waals surface area contributed by atoms with Gasteiger partial charge in [-0.25, -0.2) is 0 Å². The molecule has 126 valence electrons. The quantitative estimate of drug-likeness (QED) is 0.851. The summed E-state index contributed by atoms with van der Waals surface area (Å²) < 4.78 is 11.5. The second kappa shape index (κ2) is 6.40. The van der Waals surface area contributed by atoms with E-state index in [9.17, 15) is 4.79 Å². The molecule has 1 saturated carbocycles. The maximum absolute atomic E-state index is 13.2. The second-order valence-corrected chi connectivity index (χ2v) is 6.48. The normalized spacial score (nSPS) is 23.8. The van der Waals surface area contributed by atoms with Crippen molar-refractivity contribution in [3.63, 3.8) is 0 Å². The highest BCUT2D eigenvalue weighted by molar-refractivity contribution is 6.02. The van der Waals surface area contributed by atoms with Gasteiger partial charge in [-0.2, -0.15) is 0 Å². The minimum atomic E-state index is 0.00491. The summed E-state index contributed by atoms with van der Waals surface area (Å²) in [6.45, 7) is 1.24. The lowest BCUT2D eigenvalue weighted by molar-refractivity contribution is -0.0753. The fraction of sp³-hybridized carbons (Fsp3) is 0.474. The average molecular weight is 326 g/mol. The number of aromatic nitrogens is 1. The van der Waals surface area contributed by atoms with E-state index >= 15 is 0 Å². The Kier molecular flexibility index (Phi) is 4.10. The van der Waals surface area contributed by atoms with E-state index < -0.39 is 0 Å². The topological polar surface area (TPSA) is 51.7 Å². The fourth-order valence-corrected chi connectivity index (χ4v) is 3.99. The molecule has 0 radical (unpaired) electrons. The summed E-state index contributed by atoms with van der Waals surface area (Å²) in [5.74, 6) is 0.620. The lowest BCUT2D eigenvalue weighted by Gasteiger charge is -2.43. The third-order valence-electron chi connectivity index (χ3n) is 5.15. The SMILES string of the molecule is COc1c(C(=O)N2CCO[C@H]3CCCC[C@@H]32)cnc2ccccc12. The van der Waals surface area contributed by atoms with Crippen LogP contribution in [-0.4, -0.2) is 48.2 Å². The van der Waals surface area contributed by atoms with E-state index in [0.29, 0.717) is 24.5 Å². The van der Waals surface area contributed by atoms with Crippen molar-refractivity contribution >= 4 is 16.8 Å². The Bertz CT molecular complexity index is 759. The van der Waals surface area contributed by atoms with Crippen LogP contribution in [0.3, 0.4) is 0 Å². The number of benzene rings is 1. The molecule has 0 N–H and O–H groups in total. The van der Waals surface area contributed by atoms with Crippen LogP contribution in [0, 0.1) is 0 Å². The zero-order chi connectivity index (χ0) is 16.5. The predicted molar refractivity (Wildman–Crippen MR) is 91.3 cm³/mol. The van der Waals surface area contributed by atoms with Crippen molar-refractivity contribution in [1.29, 1.82) is 0 Å². The van der Waals surface area contributed by atoms with Gasteiger partial charge in [-0.05, 0) is 25.0 Å². The largest absolute Gasteiger partial charge is 0.495 e. The Morgan fingerprint density at radius 1 is 1.29 bits per heavy atom. The lowest BCUT2D eigenvalue weighted by atomic mass is 9.89. The Morgan fingerprint density at radius 2 is 2.12 bits per heavy atom. The van der Waals surface area contributed by atoms with Crippen LogP contribution in [0.15, 0.2) is 30.5 Å². The van der Waals surface area contributed by atoms with Crippen molar-refractivity contribution in [3.8, 4) is 5.75 Å². The smallest absolute Gasteiger partial charge is 0.259 e. The molecular formula is C19H22N2O3. The first kappa shape index (κ1) is 15.4. The number of morpholine rings is 1. The summed E-state index contributed by atoms with van der Waals surface area (Å²) in [5, 5.41) is 0.874. The van der Waals surface area contributed by atoms with E-state index in [4.69, 9.17) is 9.47 Å². The summed E-state index contributed by atoms with van der Waals surface area (Å²) in [6.07, 6.45) is 6.22. The van der Waals surface area contributed by atoms with Gasteiger partial charge in [-0.15, -0.1) is 0 Å². The average Bonchev–Trinajstić information content (AvgIpc) is 2.66. The molecule has 0 bridgehead atoms. The maximum Gasteiger partial charge on any atom is 0.259 e. The highest BCUT2D eigenvalue weighted by Crippen LogP contribution is 2.33. The number of hydrogen-bond acceptors (Lipinski definition) is 4. The summed E-state index contributed by atoms with van der Waals surface area (Å²) in [4.78, 5) is 19.7. The Morgan fingerprint density at radius 3 is 3.00 bits per heavy atom. The number of carbonyl (C=O) groups excluding carboxylic acids is 1. The minimum Gasteiger partial charge on any atom is -0.495 e. The number of pyridine rings is 1. The summed E-state index contributed by atoms with van der Waals surface area (Å²) in [7, 11) is 1.61. The van der Waals surface area contributed by atoms with Gasteiger partial charge in [0, 0.05) is 18.1 Å². The van der Waals surface area contributed by atoms with Crippen LogP contribution in [-0.2, 0) is 4.74 Å². The Balaban J connectivity index is 1.72. The van der Waals surface area contributed by atoms with Crippen LogP contribution >= 0.6 is 0 Å². The maximum atomic E-state index is 13.2. The molecule has 5 nitrogen and oxygen atoms in total. The molecule has 5 heteroatoms. The third kappa shape index (κ3) is 2.53. The molecule has 1 amide bonds. The van der Waals surface area contributed by atoms with E-state index in [1.165, 1.54) is 6.42 Å². The van der Waals surface area contributed by atoms with Crippen molar-refractivity contribution in [1.82, 2.24) is 9.88 Å². The molecule has 24 heavy (non-hydrogen) atoms. The van der Waals surface area contributed by atoms with E-state index in [0.717, 1.165) is 30.2 Å². The molecule has 0 unspecified atom stereocenters. The Labute approximate surface area is 141 Å². The van der Waals surface area contributed by atoms with E-state index in [1.807, 2.05) is 29.2 Å². The second-order valence-electron chi connectivity index (χ2n) is 6.48. The van der Waals surface area contributed by atoms with Gasteiger partial charge in [0.05, 0.1) is 31.4 Å². The van der Waals surface area contributed by atoms with Crippen molar-refractivity contribution < 1.29 is 14.3 Å². The molecule has 1 aromatic heterocycles. The van der Waals surface area contributed by atoms with Crippen molar-refractivity contribution in [2.45, 2.75) is 37.8 Å². The van der Waals surface area contributed by atoms with Gasteiger partial charge in [0.1, 0.15) is 11.3 Å². The molecule has 2 atom stereocenters. The molecule has 1 aromatic carbocycles. The summed E-state index contributed by atoms with van der Waals surface area (Å²) in [6, 6.07) is 7.92. The first-order chi connectivity index (χ1) is 11.8. The van der Waals surface area contributed by atoms with Gasteiger partial charge in [0.2, 0.25) is 0 Å². The van der Waals surface area contributed by atoms with Crippen LogP contribution in [0.1, 0.15) is 36.0 Å². The monoisotopic (exact) mass is 326 g/mol. The predicted octanol–water partition coefficient (Wildman–Crippen LogP) is 3.03. The van der Waals surface area contributed by atoms with Crippen molar-refractivity contribution in [2.75, 3.05) is 20.3 Å². The summed E-state index contributed by atoms with van der Waals surface area (Å²) in [5.41, 5.74) is 1.38. The fourth-order valence-electron chi connectivity index (χ4n) is 3.99. The zero-order valence-electron chi connectivity index (χ0n) is 13.9. The number of ether oxygens (including phenoxy) is 2. The van der Waals surface area contributed by atoms with Gasteiger partial charge in [0.25, 0.3) is 5.91 Å². The van der Waals surface area contributed by atoms with Crippen molar-refractivity contribution in [3.05, 3.63) is 36.0 Å². The van der Waals surface area contributed by atoms with E-state index in [2.05, 4.69) is 4.98 Å². The molecule has 1 saturated heterocycles. The number of methoxy groups -OCH3 is 1. The van der Waals surface area contributed by atoms with E-state index in [-0.39, 0.29) is 18.1 Å². The number of amides is 1. The number of hydrogen-bond donors (Lipinski definition) is 0. The highest BCUT2D eigenvalue weighted by atomic mass is 16.5. The van der Waals surface area contributed by atoms with Gasteiger partial charge >= 0.3 is 0 Å². The van der Waals surface area contributed by atoms with Gasteiger partial charge < -0.3 is 14.4 Å². The van der Waals surface area contributed by atoms with Gasteiger partial charge in [0.15, 0.2) is 0 Å². The van der Waals surface area contributed by atoms with Crippen LogP contribution in [0.4, 0.5) is 0 Å². The molecule has 2 fully saturated rings. The van der Waals surface area contributed by atoms with Crippen LogP contribution in [0.5, 0.6) is 5.75 Å². The number of carbonyl (C=O) groups is 1. The molecule has 2 heterocycles. The van der Waals surface area contributed by atoms with Crippen LogP contribution in [0.2, 0.25) is 0 Å². The van der Waals surface area contributed by atoms with Gasteiger partial charge in [-0.1, -0.05) is 25.0 Å². The minimum absolute atomic E-state index is 0.00491. The zero-order valence-corrected chi connectivity index (χ0v) is 13.9. The molecule has 2 aromatic rings. The first-order valence-electron chi connectivity index (χ1n) is 8.64. The number of nitrogens with zero attached hydrogens (tertiary/aromatic N) is 2. The lowest BCUT2D eigenvalue weighted by Crippen LogP contribution is -2.54. The molecular weight excluding hydrogens is 304 g/mol. The molecule has 0 spiro atoms. The molecule has 2 aliphatic rings. The number of fused-ring (bicyclic) bond motifs is 2. The highest BCUT2D eigenvalue weighted by Gasteiger charge is 2.37. The molecule has 4 rings (SSSR count). The van der Waals surface area contributed by atoms with Crippen LogP contribution < -0.4 is 4.74 Å². The van der Waals surface area contributed by atoms with Crippen molar-refractivity contribution in [2.24, 2.45) is 0 Å². The van der Waals surface area contributed by atoms with E-state index in [1.54, 1.807) is 13.3 Å². The third-order valence-corrected chi connectivity index (χ3v) is 5.15.